The number of sulfone groups is 1. The van der Waals surface area contributed by atoms with Crippen LogP contribution in [-0.4, -0.2) is 65.0 Å². The van der Waals surface area contributed by atoms with E-state index in [1.54, 1.807) is 35.1 Å². The van der Waals surface area contributed by atoms with E-state index in [9.17, 15) is 13.5 Å². The molecule has 0 spiro atoms. The van der Waals surface area contributed by atoms with Crippen molar-refractivity contribution in [3.05, 3.63) is 42.9 Å². The van der Waals surface area contributed by atoms with E-state index in [2.05, 4.69) is 24.7 Å². The van der Waals surface area contributed by atoms with Gasteiger partial charge in [-0.1, -0.05) is 25.7 Å². The summed E-state index contributed by atoms with van der Waals surface area (Å²) >= 11 is 0. The number of benzene rings is 1. The Balaban J connectivity index is 1.50. The van der Waals surface area contributed by atoms with Crippen molar-refractivity contribution in [3.63, 3.8) is 0 Å². The SMILES string of the molecule is C[Si](C)(C)CCOCn1ccc2c(-c3cc(O)cn4nc5c(cnn5C5CCCCO5)c34)ccc(S(C)(=O)=O)c21. The maximum atomic E-state index is 12.8. The van der Waals surface area contributed by atoms with Gasteiger partial charge in [0.15, 0.2) is 21.7 Å². The fourth-order valence-corrected chi connectivity index (χ4v) is 7.10. The van der Waals surface area contributed by atoms with Crippen LogP contribution in [0.1, 0.15) is 25.5 Å². The third-order valence-corrected chi connectivity index (χ3v) is 10.3. The number of aromatic hydroxyl groups is 1. The maximum Gasteiger partial charge on any atom is 0.183 e. The van der Waals surface area contributed by atoms with Gasteiger partial charge in [0, 0.05) is 44.7 Å². The second-order valence-corrected chi connectivity index (χ2v) is 19.4. The molecular weight excluding hydrogens is 546 g/mol. The lowest BCUT2D eigenvalue weighted by Gasteiger charge is -2.22. The summed E-state index contributed by atoms with van der Waals surface area (Å²) in [4.78, 5) is 0.238. The predicted octanol–water partition coefficient (Wildman–Crippen LogP) is 5.43. The van der Waals surface area contributed by atoms with Crippen LogP contribution in [0.15, 0.2) is 47.8 Å². The van der Waals surface area contributed by atoms with Gasteiger partial charge in [-0.3, -0.25) is 0 Å². The number of nitrogens with zero attached hydrogens (tertiary/aromatic N) is 5. The van der Waals surface area contributed by atoms with Crippen LogP contribution in [0.25, 0.3) is 38.6 Å². The van der Waals surface area contributed by atoms with Crippen molar-refractivity contribution >= 4 is 45.4 Å². The Labute approximate surface area is 234 Å². The van der Waals surface area contributed by atoms with Crippen LogP contribution in [-0.2, 0) is 26.0 Å². The first kappa shape index (κ1) is 27.0. The molecule has 0 bridgehead atoms. The molecule has 4 aromatic heterocycles. The minimum atomic E-state index is -3.52. The molecule has 1 aliphatic heterocycles. The topological polar surface area (TPSA) is 113 Å². The Morgan fingerprint density at radius 1 is 1.12 bits per heavy atom. The van der Waals surface area contributed by atoms with Crippen LogP contribution in [0.5, 0.6) is 5.75 Å². The van der Waals surface area contributed by atoms with Gasteiger partial charge in [-0.15, -0.1) is 5.10 Å². The minimum absolute atomic E-state index is 0.0514. The minimum Gasteiger partial charge on any atom is -0.506 e. The van der Waals surface area contributed by atoms with E-state index in [4.69, 9.17) is 14.6 Å². The van der Waals surface area contributed by atoms with Crippen molar-refractivity contribution in [2.75, 3.05) is 19.5 Å². The largest absolute Gasteiger partial charge is 0.506 e. The summed E-state index contributed by atoms with van der Waals surface area (Å²) in [5, 5.41) is 21.7. The van der Waals surface area contributed by atoms with Crippen LogP contribution in [0, 0.1) is 0 Å². The van der Waals surface area contributed by atoms with Gasteiger partial charge < -0.3 is 19.1 Å². The molecule has 1 atom stereocenters. The van der Waals surface area contributed by atoms with Gasteiger partial charge in [-0.2, -0.15) is 5.10 Å². The van der Waals surface area contributed by atoms with Gasteiger partial charge in [-0.25, -0.2) is 17.6 Å². The highest BCUT2D eigenvalue weighted by Gasteiger charge is 2.25. The number of hydrogen-bond donors (Lipinski definition) is 1. The number of rotatable bonds is 8. The Kier molecular flexibility index (Phi) is 6.76. The molecule has 1 saturated heterocycles. The lowest BCUT2D eigenvalue weighted by molar-refractivity contribution is -0.0370. The van der Waals surface area contributed by atoms with Crippen LogP contribution >= 0.6 is 0 Å². The van der Waals surface area contributed by atoms with Crippen molar-refractivity contribution in [2.45, 2.75) is 62.8 Å². The number of fused-ring (bicyclic) bond motifs is 4. The van der Waals surface area contributed by atoms with Crippen molar-refractivity contribution in [2.24, 2.45) is 0 Å². The second-order valence-electron chi connectivity index (χ2n) is 11.8. The summed E-state index contributed by atoms with van der Waals surface area (Å²) in [6, 6.07) is 8.07. The quantitative estimate of drug-likeness (QED) is 0.192. The molecule has 10 nitrogen and oxygen atoms in total. The van der Waals surface area contributed by atoms with Gasteiger partial charge in [0.25, 0.3) is 0 Å². The number of ether oxygens (including phenoxy) is 2. The zero-order chi connectivity index (χ0) is 28.2. The van der Waals surface area contributed by atoms with Gasteiger partial charge in [0.1, 0.15) is 12.5 Å². The summed E-state index contributed by atoms with van der Waals surface area (Å²) in [7, 11) is -4.78. The molecule has 1 N–H and O–H groups in total. The van der Waals surface area contributed by atoms with E-state index < -0.39 is 17.9 Å². The average molecular weight is 582 g/mol. The molecule has 212 valence electrons. The standard InChI is InChI=1S/C28H35N5O5SSi/c1-39(35,36)24-9-8-20(21-10-11-31(27(21)24)18-37-13-14-40(2,3)4)22-15-19(34)17-32-26(22)23-16-29-33(28(23)30-32)25-7-5-6-12-38-25/h8-11,15-17,25,34H,5-7,12-14,18H2,1-4H3. The Morgan fingerprint density at radius 2 is 1.95 bits per heavy atom. The first-order valence-electron chi connectivity index (χ1n) is 13.6. The van der Waals surface area contributed by atoms with E-state index in [1.165, 1.54) is 6.26 Å². The maximum absolute atomic E-state index is 12.8. The highest BCUT2D eigenvalue weighted by Crippen LogP contribution is 2.40. The zero-order valence-electron chi connectivity index (χ0n) is 23.3. The highest BCUT2D eigenvalue weighted by atomic mass is 32.2. The molecule has 5 aromatic rings. The molecule has 1 aromatic carbocycles. The molecule has 0 radical (unpaired) electrons. The molecule has 1 unspecified atom stereocenters. The summed E-state index contributed by atoms with van der Waals surface area (Å²) < 4.78 is 43.0. The van der Waals surface area contributed by atoms with Gasteiger partial charge in [0.2, 0.25) is 0 Å². The van der Waals surface area contributed by atoms with Crippen molar-refractivity contribution in [1.82, 2.24) is 24.0 Å². The lowest BCUT2D eigenvalue weighted by atomic mass is 10.0. The highest BCUT2D eigenvalue weighted by molar-refractivity contribution is 7.91. The van der Waals surface area contributed by atoms with Crippen LogP contribution in [0.2, 0.25) is 25.7 Å². The fraction of sp³-hybridized carbons (Fsp3) is 0.429. The molecule has 1 fully saturated rings. The Morgan fingerprint density at radius 3 is 2.67 bits per heavy atom. The van der Waals surface area contributed by atoms with Gasteiger partial charge in [-0.05, 0) is 49.1 Å². The van der Waals surface area contributed by atoms with E-state index in [-0.39, 0.29) is 23.6 Å². The van der Waals surface area contributed by atoms with E-state index in [0.717, 1.165) is 52.7 Å². The van der Waals surface area contributed by atoms with Gasteiger partial charge in [0.05, 0.1) is 33.7 Å². The van der Waals surface area contributed by atoms with E-state index >= 15 is 0 Å². The molecule has 0 aliphatic carbocycles. The van der Waals surface area contributed by atoms with Crippen molar-refractivity contribution < 1.29 is 23.0 Å². The third kappa shape index (κ3) is 4.93. The smallest absolute Gasteiger partial charge is 0.183 e. The molecule has 0 amide bonds. The Hall–Kier alpha value is -3.19. The molecule has 12 heteroatoms. The number of pyridine rings is 1. The summed E-state index contributed by atoms with van der Waals surface area (Å²) in [5.41, 5.74) is 3.55. The average Bonchev–Trinajstić information content (AvgIpc) is 3.58. The summed E-state index contributed by atoms with van der Waals surface area (Å²) in [6.07, 6.45) is 9.23. The van der Waals surface area contributed by atoms with Crippen molar-refractivity contribution in [3.8, 4) is 16.9 Å². The predicted molar refractivity (Wildman–Crippen MR) is 157 cm³/mol. The summed E-state index contributed by atoms with van der Waals surface area (Å²) in [5.74, 6) is 0.0514. The first-order valence-corrected chi connectivity index (χ1v) is 19.2. The molecule has 1 aliphatic rings. The molecular formula is C28H35N5O5SSi. The summed E-state index contributed by atoms with van der Waals surface area (Å²) in [6.45, 7) is 8.45. The second kappa shape index (κ2) is 10.0. The first-order chi connectivity index (χ1) is 19.0. The van der Waals surface area contributed by atoms with E-state index in [0.29, 0.717) is 24.4 Å². The third-order valence-electron chi connectivity index (χ3n) is 7.49. The number of aromatic nitrogens is 5. The molecule has 5 heterocycles. The zero-order valence-corrected chi connectivity index (χ0v) is 25.1. The van der Waals surface area contributed by atoms with Crippen LogP contribution in [0.3, 0.4) is 0 Å². The van der Waals surface area contributed by atoms with Crippen LogP contribution in [0.4, 0.5) is 0 Å². The fourth-order valence-electron chi connectivity index (χ4n) is 5.45. The van der Waals surface area contributed by atoms with E-state index in [1.807, 2.05) is 21.5 Å². The normalized spacial score (nSPS) is 16.9. The van der Waals surface area contributed by atoms with Crippen LogP contribution < -0.4 is 0 Å². The Bertz CT molecular complexity index is 1830. The monoisotopic (exact) mass is 581 g/mol. The molecule has 40 heavy (non-hydrogen) atoms. The molecule has 6 rings (SSSR count). The van der Waals surface area contributed by atoms with Gasteiger partial charge >= 0.3 is 0 Å². The lowest BCUT2D eigenvalue weighted by Crippen LogP contribution is -2.22. The molecule has 0 saturated carbocycles. The van der Waals surface area contributed by atoms with Crippen molar-refractivity contribution in [1.29, 1.82) is 0 Å². The number of hydrogen-bond acceptors (Lipinski definition) is 7.